The number of rotatable bonds is 6. The summed E-state index contributed by atoms with van der Waals surface area (Å²) < 4.78 is 10.4. The first kappa shape index (κ1) is 20.6. The Kier molecular flexibility index (Phi) is 7.05. The van der Waals surface area contributed by atoms with Gasteiger partial charge in [-0.1, -0.05) is 29.3 Å². The third-order valence-electron chi connectivity index (χ3n) is 3.47. The summed E-state index contributed by atoms with van der Waals surface area (Å²) in [6.07, 6.45) is -1.05. The summed E-state index contributed by atoms with van der Waals surface area (Å²) in [5.74, 6) is -0.899. The number of aryl methyl sites for hydroxylation is 1. The Bertz CT molecular complexity index is 909. The number of carbonyl (C=O) groups excluding carboxylic acids is 2. The molecule has 0 unspecified atom stereocenters. The fraction of sp³-hybridized carbons (Fsp3) is 0.211. The van der Waals surface area contributed by atoms with Crippen LogP contribution in [0, 0.1) is 18.3 Å². The van der Waals surface area contributed by atoms with E-state index in [4.69, 9.17) is 37.9 Å². The first-order chi connectivity index (χ1) is 12.8. The summed E-state index contributed by atoms with van der Waals surface area (Å²) in [5, 5.41) is 12.0. The van der Waals surface area contributed by atoms with Crippen LogP contribution in [-0.4, -0.2) is 24.6 Å². The van der Waals surface area contributed by atoms with Crippen LogP contribution in [0.25, 0.3) is 0 Å². The number of nitrogens with zero attached hydrogens (tertiary/aromatic N) is 1. The lowest BCUT2D eigenvalue weighted by atomic mass is 10.2. The van der Waals surface area contributed by atoms with Crippen molar-refractivity contribution in [2.24, 2.45) is 0 Å². The molecule has 2 aromatic rings. The van der Waals surface area contributed by atoms with E-state index in [2.05, 4.69) is 5.32 Å². The van der Waals surface area contributed by atoms with E-state index in [0.29, 0.717) is 22.0 Å². The molecule has 27 heavy (non-hydrogen) atoms. The van der Waals surface area contributed by atoms with Gasteiger partial charge in [0, 0.05) is 5.69 Å². The second-order valence-corrected chi connectivity index (χ2v) is 6.46. The number of ether oxygens (including phenoxy) is 2. The number of halogens is 2. The molecule has 1 N–H and O–H groups in total. The molecule has 0 bridgehead atoms. The SMILES string of the molecule is Cc1ccc(Cl)c(OCC(=O)O[C@H](C)C(=O)Nc2ccc(C#N)c(Cl)c2)c1. The smallest absolute Gasteiger partial charge is 0.344 e. The van der Waals surface area contributed by atoms with Gasteiger partial charge < -0.3 is 14.8 Å². The average Bonchev–Trinajstić information content (AvgIpc) is 2.62. The minimum absolute atomic E-state index is 0.211. The molecule has 6 nitrogen and oxygen atoms in total. The van der Waals surface area contributed by atoms with E-state index in [0.717, 1.165) is 5.56 Å². The van der Waals surface area contributed by atoms with Gasteiger partial charge in [0.2, 0.25) is 0 Å². The lowest BCUT2D eigenvalue weighted by Gasteiger charge is -2.14. The maximum absolute atomic E-state index is 12.1. The van der Waals surface area contributed by atoms with E-state index in [1.54, 1.807) is 12.1 Å². The van der Waals surface area contributed by atoms with Crippen molar-refractivity contribution in [2.45, 2.75) is 20.0 Å². The minimum Gasteiger partial charge on any atom is -0.480 e. The Hall–Kier alpha value is -2.75. The standard InChI is InChI=1S/C19H16Cl2N2O4/c1-11-3-6-15(20)17(7-11)26-10-18(24)27-12(2)19(25)23-14-5-4-13(9-22)16(21)8-14/h3-8,12H,10H2,1-2H3,(H,23,25)/t12-/m1/s1. The number of carbonyl (C=O) groups is 2. The molecule has 140 valence electrons. The van der Waals surface area contributed by atoms with E-state index in [9.17, 15) is 9.59 Å². The summed E-state index contributed by atoms with van der Waals surface area (Å²) in [5.41, 5.74) is 1.60. The number of nitrogens with one attached hydrogen (secondary N) is 1. The number of amides is 1. The molecule has 0 fully saturated rings. The highest BCUT2D eigenvalue weighted by Crippen LogP contribution is 2.25. The first-order valence-electron chi connectivity index (χ1n) is 7.89. The van der Waals surface area contributed by atoms with Gasteiger partial charge in [-0.05, 0) is 49.7 Å². The van der Waals surface area contributed by atoms with Crippen LogP contribution in [0.1, 0.15) is 18.1 Å². The molecule has 0 spiro atoms. The molecule has 0 aromatic heterocycles. The van der Waals surface area contributed by atoms with Gasteiger partial charge in [0.15, 0.2) is 12.7 Å². The Labute approximate surface area is 166 Å². The highest BCUT2D eigenvalue weighted by atomic mass is 35.5. The lowest BCUT2D eigenvalue weighted by molar-refractivity contribution is -0.155. The third-order valence-corrected chi connectivity index (χ3v) is 4.09. The molecule has 0 aliphatic heterocycles. The van der Waals surface area contributed by atoms with Crippen molar-refractivity contribution >= 4 is 40.8 Å². The van der Waals surface area contributed by atoms with Gasteiger partial charge in [0.05, 0.1) is 15.6 Å². The van der Waals surface area contributed by atoms with Crippen molar-refractivity contribution in [1.82, 2.24) is 0 Å². The van der Waals surface area contributed by atoms with Crippen LogP contribution in [0.4, 0.5) is 5.69 Å². The minimum atomic E-state index is -1.05. The zero-order chi connectivity index (χ0) is 20.0. The molecular weight excluding hydrogens is 391 g/mol. The molecular formula is C19H16Cl2N2O4. The summed E-state index contributed by atoms with van der Waals surface area (Å²) in [7, 11) is 0. The van der Waals surface area contributed by atoms with Crippen LogP contribution in [0.15, 0.2) is 36.4 Å². The molecule has 1 amide bonds. The largest absolute Gasteiger partial charge is 0.480 e. The topological polar surface area (TPSA) is 88.4 Å². The Morgan fingerprint density at radius 2 is 1.93 bits per heavy atom. The summed E-state index contributed by atoms with van der Waals surface area (Å²) >= 11 is 11.9. The molecule has 0 aliphatic rings. The third kappa shape index (κ3) is 5.88. The predicted octanol–water partition coefficient (Wildman–Crippen LogP) is 4.12. The van der Waals surface area contributed by atoms with E-state index >= 15 is 0 Å². The van der Waals surface area contributed by atoms with Gasteiger partial charge in [-0.3, -0.25) is 4.79 Å². The molecule has 0 saturated heterocycles. The molecule has 8 heteroatoms. The Morgan fingerprint density at radius 1 is 1.19 bits per heavy atom. The summed E-state index contributed by atoms with van der Waals surface area (Å²) in [6.45, 7) is 2.91. The van der Waals surface area contributed by atoms with Gasteiger partial charge in [-0.2, -0.15) is 5.26 Å². The number of nitriles is 1. The quantitative estimate of drug-likeness (QED) is 0.728. The molecule has 2 rings (SSSR count). The van der Waals surface area contributed by atoms with Crippen molar-refractivity contribution < 1.29 is 19.1 Å². The van der Waals surface area contributed by atoms with Crippen molar-refractivity contribution in [3.05, 3.63) is 57.6 Å². The highest BCUT2D eigenvalue weighted by molar-refractivity contribution is 6.32. The van der Waals surface area contributed by atoms with Crippen molar-refractivity contribution in [1.29, 1.82) is 5.26 Å². The summed E-state index contributed by atoms with van der Waals surface area (Å²) in [6, 6.07) is 11.5. The molecule has 0 heterocycles. The molecule has 0 saturated carbocycles. The number of benzene rings is 2. The van der Waals surface area contributed by atoms with E-state index in [1.165, 1.54) is 25.1 Å². The van der Waals surface area contributed by atoms with Crippen molar-refractivity contribution in [3.8, 4) is 11.8 Å². The van der Waals surface area contributed by atoms with Crippen LogP contribution in [0.3, 0.4) is 0 Å². The average molecular weight is 407 g/mol. The van der Waals surface area contributed by atoms with Crippen LogP contribution < -0.4 is 10.1 Å². The number of anilines is 1. The Balaban J connectivity index is 1.88. The zero-order valence-corrected chi connectivity index (χ0v) is 16.1. The molecule has 0 aliphatic carbocycles. The van der Waals surface area contributed by atoms with E-state index < -0.39 is 18.0 Å². The van der Waals surface area contributed by atoms with Crippen LogP contribution in [0.5, 0.6) is 5.75 Å². The van der Waals surface area contributed by atoms with Crippen LogP contribution in [-0.2, 0) is 14.3 Å². The summed E-state index contributed by atoms with van der Waals surface area (Å²) in [4.78, 5) is 24.0. The zero-order valence-electron chi connectivity index (χ0n) is 14.6. The van der Waals surface area contributed by atoms with Crippen LogP contribution in [0.2, 0.25) is 10.0 Å². The molecule has 2 aromatic carbocycles. The normalized spacial score (nSPS) is 11.2. The Morgan fingerprint density at radius 3 is 2.59 bits per heavy atom. The monoisotopic (exact) mass is 406 g/mol. The van der Waals surface area contributed by atoms with Crippen molar-refractivity contribution in [3.63, 3.8) is 0 Å². The van der Waals surface area contributed by atoms with E-state index in [-0.39, 0.29) is 11.6 Å². The first-order valence-corrected chi connectivity index (χ1v) is 8.64. The number of esters is 1. The number of hydrogen-bond acceptors (Lipinski definition) is 5. The second kappa shape index (κ2) is 9.26. The molecule has 1 atom stereocenters. The van der Waals surface area contributed by atoms with Gasteiger partial charge in [0.25, 0.3) is 5.91 Å². The van der Waals surface area contributed by atoms with Crippen LogP contribution >= 0.6 is 23.2 Å². The number of hydrogen-bond donors (Lipinski definition) is 1. The van der Waals surface area contributed by atoms with Gasteiger partial charge in [-0.25, -0.2) is 4.79 Å². The maximum atomic E-state index is 12.1. The van der Waals surface area contributed by atoms with Gasteiger partial charge in [0.1, 0.15) is 11.8 Å². The maximum Gasteiger partial charge on any atom is 0.344 e. The fourth-order valence-electron chi connectivity index (χ4n) is 2.07. The second-order valence-electron chi connectivity index (χ2n) is 5.65. The van der Waals surface area contributed by atoms with Gasteiger partial charge >= 0.3 is 5.97 Å². The lowest BCUT2D eigenvalue weighted by Crippen LogP contribution is -2.31. The van der Waals surface area contributed by atoms with E-state index in [1.807, 2.05) is 19.1 Å². The highest BCUT2D eigenvalue weighted by Gasteiger charge is 2.19. The predicted molar refractivity (Wildman–Crippen MR) is 102 cm³/mol. The van der Waals surface area contributed by atoms with Gasteiger partial charge in [-0.15, -0.1) is 0 Å². The fourth-order valence-corrected chi connectivity index (χ4v) is 2.46. The molecule has 0 radical (unpaired) electrons. The van der Waals surface area contributed by atoms with Crippen molar-refractivity contribution in [2.75, 3.05) is 11.9 Å².